The Kier molecular flexibility index (Phi) is 9.18. The fourth-order valence-electron chi connectivity index (χ4n) is 8.13. The Morgan fingerprint density at radius 1 is 1.04 bits per heavy atom. The predicted octanol–water partition coefficient (Wildman–Crippen LogP) is 7.92. The van der Waals surface area contributed by atoms with Crippen molar-refractivity contribution in [1.29, 1.82) is 0 Å². The van der Waals surface area contributed by atoms with Crippen LogP contribution >= 0.6 is 11.6 Å². The lowest BCUT2D eigenvalue weighted by Crippen LogP contribution is -2.24. The quantitative estimate of drug-likeness (QED) is 0.122. The minimum absolute atomic E-state index is 0.105. The van der Waals surface area contributed by atoms with Gasteiger partial charge in [-0.05, 0) is 48.6 Å². The highest BCUT2D eigenvalue weighted by Crippen LogP contribution is 2.68. The molecule has 1 saturated carbocycles. The number of benzene rings is 2. The molecule has 8 rings (SSSR count). The van der Waals surface area contributed by atoms with Crippen molar-refractivity contribution in [2.75, 3.05) is 6.26 Å². The molecule has 4 aromatic heterocycles. The zero-order valence-electron chi connectivity index (χ0n) is 30.3. The molecule has 0 radical (unpaired) electrons. The van der Waals surface area contributed by atoms with Crippen LogP contribution in [0.1, 0.15) is 58.6 Å². The summed E-state index contributed by atoms with van der Waals surface area (Å²) in [5.74, 6) is -10.1. The fourth-order valence-corrected chi connectivity index (χ4v) is 9.09. The van der Waals surface area contributed by atoms with Gasteiger partial charge in [0.1, 0.15) is 23.9 Å². The first-order valence-corrected chi connectivity index (χ1v) is 20.0. The van der Waals surface area contributed by atoms with Gasteiger partial charge in [0.2, 0.25) is 0 Å². The van der Waals surface area contributed by atoms with E-state index in [9.17, 15) is 35.2 Å². The zero-order chi connectivity index (χ0) is 40.9. The number of ketones is 1. The summed E-state index contributed by atoms with van der Waals surface area (Å²) in [6.07, 6.45) is -1.68. The average Bonchev–Trinajstić information content (AvgIpc) is 3.32. The molecule has 1 fully saturated rings. The van der Waals surface area contributed by atoms with E-state index in [4.69, 9.17) is 16.6 Å². The number of fused-ring (bicyclic) bond motifs is 4. The molecular formula is C38H31ClF7N7O3S. The largest absolute Gasteiger partial charge is 0.435 e. The number of Topliss-reactive ketones (excluding diaryl/α,β-unsaturated/α-hetero) is 1. The minimum atomic E-state index is -5.04. The molecule has 19 heteroatoms. The molecule has 2 aliphatic rings. The normalized spacial score (nSPS) is 17.9. The third kappa shape index (κ3) is 7.10. The number of aryl methyl sites for hydroxylation is 2. The highest BCUT2D eigenvalue weighted by molar-refractivity contribution is 7.89. The van der Waals surface area contributed by atoms with Gasteiger partial charge in [0.25, 0.3) is 5.92 Å². The molecule has 2 aromatic carbocycles. The second-order valence-electron chi connectivity index (χ2n) is 14.8. The minimum Gasteiger partial charge on any atom is -0.298 e. The number of hydrogen-bond acceptors (Lipinski definition) is 7. The number of pyridine rings is 1. The molecule has 0 unspecified atom stereocenters. The summed E-state index contributed by atoms with van der Waals surface area (Å²) in [6, 6.07) is 9.32. The van der Waals surface area contributed by atoms with Crippen LogP contribution in [0.4, 0.5) is 30.7 Å². The maximum Gasteiger partial charge on any atom is 0.435 e. The molecule has 0 amide bonds. The van der Waals surface area contributed by atoms with Crippen molar-refractivity contribution in [3.63, 3.8) is 0 Å². The molecule has 0 bridgehead atoms. The van der Waals surface area contributed by atoms with E-state index in [1.807, 2.05) is 0 Å². The Labute approximate surface area is 325 Å². The lowest BCUT2D eigenvalue weighted by molar-refractivity contribution is -0.142. The number of rotatable bonds is 11. The molecule has 57 heavy (non-hydrogen) atoms. The molecule has 0 aliphatic heterocycles. The molecule has 0 spiro atoms. The molecule has 298 valence electrons. The second kappa shape index (κ2) is 13.5. The molecule has 4 heterocycles. The molecule has 10 nitrogen and oxygen atoms in total. The van der Waals surface area contributed by atoms with E-state index >= 15 is 8.78 Å². The molecule has 3 atom stereocenters. The summed E-state index contributed by atoms with van der Waals surface area (Å²) in [4.78, 5) is 19.0. The Morgan fingerprint density at radius 3 is 2.39 bits per heavy atom. The van der Waals surface area contributed by atoms with E-state index in [1.165, 1.54) is 21.6 Å². The van der Waals surface area contributed by atoms with Gasteiger partial charge in [-0.2, -0.15) is 37.2 Å². The Hall–Kier alpha value is -5.10. The maximum atomic E-state index is 15.4. The van der Waals surface area contributed by atoms with Crippen molar-refractivity contribution in [2.45, 2.75) is 55.5 Å². The summed E-state index contributed by atoms with van der Waals surface area (Å²) in [7, 11) is -0.309. The highest BCUT2D eigenvalue weighted by Gasteiger charge is 2.68. The van der Waals surface area contributed by atoms with Gasteiger partial charge < -0.3 is 0 Å². The topological polar surface area (TPSA) is 118 Å². The van der Waals surface area contributed by atoms with Crippen LogP contribution < -0.4 is 0 Å². The van der Waals surface area contributed by atoms with Gasteiger partial charge in [-0.15, -0.1) is 0 Å². The van der Waals surface area contributed by atoms with Gasteiger partial charge in [0, 0.05) is 78.5 Å². The fraction of sp³-hybridized carbons (Fsp3) is 0.342. The van der Waals surface area contributed by atoms with Crippen molar-refractivity contribution >= 4 is 38.1 Å². The summed E-state index contributed by atoms with van der Waals surface area (Å²) in [5.41, 5.74) is -0.382. The number of aromatic nitrogens is 7. The van der Waals surface area contributed by atoms with Crippen molar-refractivity contribution in [3.05, 3.63) is 105 Å². The van der Waals surface area contributed by atoms with Gasteiger partial charge in [-0.1, -0.05) is 23.7 Å². The van der Waals surface area contributed by atoms with Crippen molar-refractivity contribution in [1.82, 2.24) is 34.3 Å². The van der Waals surface area contributed by atoms with E-state index in [0.717, 1.165) is 18.4 Å². The molecule has 0 N–H and O–H groups in total. The Morgan fingerprint density at radius 2 is 1.74 bits per heavy atom. The van der Waals surface area contributed by atoms with E-state index in [1.54, 1.807) is 38.5 Å². The lowest BCUT2D eigenvalue weighted by Gasteiger charge is -2.22. The van der Waals surface area contributed by atoms with Gasteiger partial charge in [0.15, 0.2) is 21.3 Å². The highest BCUT2D eigenvalue weighted by atomic mass is 35.5. The number of alkyl halides is 5. The first kappa shape index (κ1) is 38.8. The van der Waals surface area contributed by atoms with Crippen LogP contribution in [-0.4, -0.2) is 54.8 Å². The number of carbonyl (C=O) groups is 1. The second-order valence-corrected chi connectivity index (χ2v) is 17.3. The van der Waals surface area contributed by atoms with Crippen LogP contribution in [0, 0.1) is 17.6 Å². The van der Waals surface area contributed by atoms with E-state index < -0.39 is 92.8 Å². The van der Waals surface area contributed by atoms with Gasteiger partial charge in [-0.25, -0.2) is 17.2 Å². The Balaban J connectivity index is 1.29. The molecule has 2 aliphatic carbocycles. The standard InChI is InChI=1S/C38H31ClF7N7O3S/c1-51-15-20(14-47-51)29-7-5-24(25-4-6-28(39)32-30(17-57(3,55)56)49-52(2)34(25)32)33(48-29)19(8-18-9-21(40)12-22(41)10-18)11-23(54)16-53-36-31(35(50-53)38(44,45)46)26-13-27(26)37(36,42)43/h4-7,9-10,12,14-15,19,26-27H,8,11,13,16-17H2,1-3H3/t19-,26+,27-/m1/s1. The third-order valence-electron chi connectivity index (χ3n) is 10.4. The zero-order valence-corrected chi connectivity index (χ0v) is 31.8. The number of sulfone groups is 1. The summed E-state index contributed by atoms with van der Waals surface area (Å²) in [6.45, 7) is -0.944. The molecule has 0 saturated heterocycles. The van der Waals surface area contributed by atoms with Crippen molar-refractivity contribution < 1.29 is 43.9 Å². The summed E-state index contributed by atoms with van der Waals surface area (Å²) >= 11 is 6.64. The van der Waals surface area contributed by atoms with E-state index in [-0.39, 0.29) is 34.8 Å². The van der Waals surface area contributed by atoms with Crippen LogP contribution in [0.3, 0.4) is 0 Å². The molecule has 6 aromatic rings. The predicted molar refractivity (Wildman–Crippen MR) is 194 cm³/mol. The van der Waals surface area contributed by atoms with Crippen molar-refractivity contribution in [2.24, 2.45) is 20.0 Å². The van der Waals surface area contributed by atoms with E-state index in [2.05, 4.69) is 15.3 Å². The van der Waals surface area contributed by atoms with Gasteiger partial charge in [-0.3, -0.25) is 23.8 Å². The lowest BCUT2D eigenvalue weighted by atomic mass is 9.86. The average molecular weight is 834 g/mol. The number of carbonyl (C=O) groups excluding carboxylic acids is 1. The molecular weight excluding hydrogens is 803 g/mol. The SMILES string of the molecule is Cn1cc(-c2ccc(-c3ccc(Cl)c4c(CS(C)(=O)=O)nn(C)c34)c([C@@H](CC(=O)Cn3nc(C(F)(F)F)c4c3C(F)(F)[C@@H]3C[C@H]43)Cc3cc(F)cc(F)c3)n2)cn1. The maximum absolute atomic E-state index is 15.4. The van der Waals surface area contributed by atoms with Crippen molar-refractivity contribution in [3.8, 4) is 22.4 Å². The summed E-state index contributed by atoms with van der Waals surface area (Å²) < 4.78 is 130. The van der Waals surface area contributed by atoms with E-state index in [0.29, 0.717) is 44.0 Å². The van der Waals surface area contributed by atoms with Crippen LogP contribution in [0.25, 0.3) is 33.3 Å². The van der Waals surface area contributed by atoms with Crippen LogP contribution in [0.5, 0.6) is 0 Å². The number of hydrogen-bond donors (Lipinski definition) is 0. The van der Waals surface area contributed by atoms with Gasteiger partial charge in [0.05, 0.1) is 39.6 Å². The monoisotopic (exact) mass is 833 g/mol. The van der Waals surface area contributed by atoms with Crippen LogP contribution in [-0.2, 0) is 59.5 Å². The smallest absolute Gasteiger partial charge is 0.298 e. The number of halogens is 8. The first-order chi connectivity index (χ1) is 26.7. The Bertz CT molecular complexity index is 2720. The summed E-state index contributed by atoms with van der Waals surface area (Å²) in [5, 5.41) is 12.7. The van der Waals surface area contributed by atoms with Crippen LogP contribution in [0.15, 0.2) is 54.9 Å². The van der Waals surface area contributed by atoms with Gasteiger partial charge >= 0.3 is 6.18 Å². The third-order valence-corrected chi connectivity index (χ3v) is 11.5. The number of nitrogens with zero attached hydrogens (tertiary/aromatic N) is 7. The first-order valence-electron chi connectivity index (χ1n) is 17.5. The van der Waals surface area contributed by atoms with Crippen LogP contribution in [0.2, 0.25) is 5.02 Å².